The smallest absolute Gasteiger partial charge is 0.306 e. The van der Waals surface area contributed by atoms with Gasteiger partial charge in [0.2, 0.25) is 11.8 Å². The quantitative estimate of drug-likeness (QED) is 0.617. The molecule has 1 unspecified atom stereocenters. The number of anilines is 1. The third kappa shape index (κ3) is 4.13. The summed E-state index contributed by atoms with van der Waals surface area (Å²) in [6.45, 7) is 1.13. The highest BCUT2D eigenvalue weighted by molar-refractivity contribution is 6.02. The number of aromatic nitrogens is 2. The average molecular weight is 437 g/mol. The van der Waals surface area contributed by atoms with Gasteiger partial charge >= 0.3 is 5.97 Å². The van der Waals surface area contributed by atoms with Gasteiger partial charge in [0.05, 0.1) is 29.2 Å². The Balaban J connectivity index is 0.00000256. The molecule has 4 rings (SSSR count). The normalized spacial score (nSPS) is 21.3. The van der Waals surface area contributed by atoms with Crippen LogP contribution in [0.3, 0.4) is 0 Å². The van der Waals surface area contributed by atoms with Crippen molar-refractivity contribution in [3.05, 3.63) is 23.9 Å². The summed E-state index contributed by atoms with van der Waals surface area (Å²) in [6.07, 6.45) is 1.30. The van der Waals surface area contributed by atoms with E-state index in [2.05, 4.69) is 15.3 Å². The van der Waals surface area contributed by atoms with Crippen molar-refractivity contribution in [2.45, 2.75) is 43.6 Å². The van der Waals surface area contributed by atoms with E-state index in [0.29, 0.717) is 44.5 Å². The first kappa shape index (κ1) is 22.0. The van der Waals surface area contributed by atoms with Crippen LogP contribution < -0.4 is 10.2 Å². The Labute approximate surface area is 179 Å². The zero-order valence-electron chi connectivity index (χ0n) is 16.6. The molecule has 0 radical (unpaired) electrons. The summed E-state index contributed by atoms with van der Waals surface area (Å²) in [4.78, 5) is 36.8. The molecule has 3 heterocycles. The molecule has 30 heavy (non-hydrogen) atoms. The zero-order valence-corrected chi connectivity index (χ0v) is 17.4. The summed E-state index contributed by atoms with van der Waals surface area (Å²) in [5, 5.41) is 27.2. The van der Waals surface area contributed by atoms with Crippen molar-refractivity contribution >= 4 is 46.8 Å². The Hall–Kier alpha value is -2.65. The predicted octanol–water partition coefficient (Wildman–Crippen LogP) is 1.32. The lowest BCUT2D eigenvalue weighted by Gasteiger charge is -2.38. The van der Waals surface area contributed by atoms with Gasteiger partial charge in [-0.1, -0.05) is 0 Å². The standard InChI is InChI=1S/C20H24N4O5.ClH/c1-23-15-10-12(24-8-6-20(29,7-9-24)11-17(26)27)2-3-13(15)18(22-23)14-4-5-16(25)21-19(14)28;/h2-3,10,14,29H,4-9,11H2,1H3,(H,26,27)(H,21,25,28);1H. The number of piperidine rings is 2. The number of nitrogens with one attached hydrogen (secondary N) is 1. The first-order valence-corrected chi connectivity index (χ1v) is 9.75. The first-order chi connectivity index (χ1) is 13.8. The molecule has 2 amide bonds. The molecule has 0 spiro atoms. The number of rotatable bonds is 4. The minimum atomic E-state index is -1.15. The number of benzene rings is 1. The molecule has 2 aliphatic heterocycles. The van der Waals surface area contributed by atoms with Gasteiger partial charge < -0.3 is 15.1 Å². The van der Waals surface area contributed by atoms with Crippen molar-refractivity contribution in [3.8, 4) is 0 Å². The lowest BCUT2D eigenvalue weighted by molar-refractivity contribution is -0.143. The maximum atomic E-state index is 12.3. The molecule has 0 saturated carbocycles. The second kappa shape index (κ2) is 8.23. The van der Waals surface area contributed by atoms with Gasteiger partial charge in [-0.25, -0.2) is 0 Å². The topological polar surface area (TPSA) is 125 Å². The second-order valence-electron chi connectivity index (χ2n) is 8.00. The van der Waals surface area contributed by atoms with Crippen LogP contribution >= 0.6 is 12.4 Å². The maximum Gasteiger partial charge on any atom is 0.306 e. The lowest BCUT2D eigenvalue weighted by atomic mass is 9.88. The highest BCUT2D eigenvalue weighted by Gasteiger charge is 2.35. The van der Waals surface area contributed by atoms with Crippen LogP contribution in [0.15, 0.2) is 18.2 Å². The van der Waals surface area contributed by atoms with Crippen LogP contribution in [0.1, 0.15) is 43.7 Å². The second-order valence-corrected chi connectivity index (χ2v) is 8.00. The fourth-order valence-electron chi connectivity index (χ4n) is 4.32. The minimum Gasteiger partial charge on any atom is -0.481 e. The number of hydrogen-bond donors (Lipinski definition) is 3. The summed E-state index contributed by atoms with van der Waals surface area (Å²) in [5.74, 6) is -1.98. The molecule has 2 aromatic rings. The molecule has 162 valence electrons. The van der Waals surface area contributed by atoms with Crippen LogP contribution in [0.5, 0.6) is 0 Å². The van der Waals surface area contributed by atoms with Crippen molar-refractivity contribution in [2.24, 2.45) is 7.05 Å². The van der Waals surface area contributed by atoms with Gasteiger partial charge in [-0.15, -0.1) is 12.4 Å². The number of aryl methyl sites for hydroxylation is 1. The number of nitrogens with zero attached hydrogens (tertiary/aromatic N) is 3. The molecule has 2 fully saturated rings. The number of hydrogen-bond acceptors (Lipinski definition) is 6. The summed E-state index contributed by atoms with van der Waals surface area (Å²) in [6, 6.07) is 5.90. The van der Waals surface area contributed by atoms with Crippen LogP contribution in [-0.2, 0) is 21.4 Å². The number of aliphatic hydroxyl groups is 1. The zero-order chi connectivity index (χ0) is 20.8. The third-order valence-corrected chi connectivity index (χ3v) is 5.97. The predicted molar refractivity (Wildman–Crippen MR) is 112 cm³/mol. The fourth-order valence-corrected chi connectivity index (χ4v) is 4.32. The van der Waals surface area contributed by atoms with Crippen LogP contribution in [0.4, 0.5) is 5.69 Å². The van der Waals surface area contributed by atoms with Gasteiger partial charge in [0.1, 0.15) is 0 Å². The third-order valence-electron chi connectivity index (χ3n) is 5.97. The lowest BCUT2D eigenvalue weighted by Crippen LogP contribution is -2.45. The highest BCUT2D eigenvalue weighted by atomic mass is 35.5. The van der Waals surface area contributed by atoms with Gasteiger partial charge in [0.25, 0.3) is 0 Å². The molecule has 2 saturated heterocycles. The Morgan fingerprint density at radius 1 is 1.30 bits per heavy atom. The summed E-state index contributed by atoms with van der Waals surface area (Å²) in [7, 11) is 1.82. The van der Waals surface area contributed by atoms with E-state index >= 15 is 0 Å². The summed E-state index contributed by atoms with van der Waals surface area (Å²) < 4.78 is 1.74. The molecular weight excluding hydrogens is 412 g/mol. The van der Waals surface area contributed by atoms with Gasteiger partial charge in [-0.05, 0) is 37.5 Å². The SMILES string of the molecule is Cl.Cn1nc(C2CCC(=O)NC2=O)c2ccc(N3CCC(O)(CC(=O)O)CC3)cc21. The molecular formula is C20H25ClN4O5. The van der Waals surface area contributed by atoms with E-state index < -0.39 is 17.5 Å². The van der Waals surface area contributed by atoms with Gasteiger partial charge in [-0.2, -0.15) is 5.10 Å². The number of aliphatic carboxylic acids is 1. The van der Waals surface area contributed by atoms with E-state index in [9.17, 15) is 19.5 Å². The van der Waals surface area contributed by atoms with Crippen LogP contribution in [0.2, 0.25) is 0 Å². The Morgan fingerprint density at radius 3 is 2.63 bits per heavy atom. The molecule has 1 atom stereocenters. The van der Waals surface area contributed by atoms with E-state index in [1.807, 2.05) is 25.2 Å². The molecule has 2 aliphatic rings. The number of carbonyl (C=O) groups excluding carboxylic acids is 2. The maximum absolute atomic E-state index is 12.3. The van der Waals surface area contributed by atoms with E-state index in [1.54, 1.807) is 4.68 Å². The van der Waals surface area contributed by atoms with Gasteiger partial charge in [0, 0.05) is 37.6 Å². The Bertz CT molecular complexity index is 996. The molecule has 1 aromatic carbocycles. The molecule has 0 aliphatic carbocycles. The number of fused-ring (bicyclic) bond motifs is 1. The van der Waals surface area contributed by atoms with Gasteiger partial charge in [0.15, 0.2) is 0 Å². The highest BCUT2D eigenvalue weighted by Crippen LogP contribution is 2.34. The van der Waals surface area contributed by atoms with Crippen molar-refractivity contribution in [1.82, 2.24) is 15.1 Å². The van der Waals surface area contributed by atoms with E-state index in [4.69, 9.17) is 5.11 Å². The van der Waals surface area contributed by atoms with E-state index in [1.165, 1.54) is 0 Å². The first-order valence-electron chi connectivity index (χ1n) is 9.75. The number of amides is 2. The number of carboxylic acids is 1. The van der Waals surface area contributed by atoms with Gasteiger partial charge in [-0.3, -0.25) is 24.4 Å². The summed E-state index contributed by atoms with van der Waals surface area (Å²) >= 11 is 0. The molecule has 9 nitrogen and oxygen atoms in total. The average Bonchev–Trinajstić information content (AvgIpc) is 2.97. The number of imide groups is 1. The molecule has 1 aromatic heterocycles. The molecule has 3 N–H and O–H groups in total. The summed E-state index contributed by atoms with van der Waals surface area (Å²) in [5.41, 5.74) is 1.37. The van der Waals surface area contributed by atoms with Crippen LogP contribution in [0.25, 0.3) is 10.9 Å². The van der Waals surface area contributed by atoms with Crippen molar-refractivity contribution < 1.29 is 24.6 Å². The number of halogens is 1. The Morgan fingerprint density at radius 2 is 2.00 bits per heavy atom. The Kier molecular flexibility index (Phi) is 6.05. The monoisotopic (exact) mass is 436 g/mol. The van der Waals surface area contributed by atoms with Crippen molar-refractivity contribution in [3.63, 3.8) is 0 Å². The molecule has 0 bridgehead atoms. The molecule has 10 heteroatoms. The number of carboxylic acid groups (broad SMARTS) is 1. The van der Waals surface area contributed by atoms with Crippen molar-refractivity contribution in [2.75, 3.05) is 18.0 Å². The van der Waals surface area contributed by atoms with Crippen molar-refractivity contribution in [1.29, 1.82) is 0 Å². The van der Waals surface area contributed by atoms with Crippen LogP contribution in [0, 0.1) is 0 Å². The largest absolute Gasteiger partial charge is 0.481 e. The van der Waals surface area contributed by atoms with Crippen LogP contribution in [-0.4, -0.2) is 56.5 Å². The number of carbonyl (C=O) groups is 3. The fraction of sp³-hybridized carbons (Fsp3) is 0.500. The minimum absolute atomic E-state index is 0. The van der Waals surface area contributed by atoms with E-state index in [-0.39, 0.29) is 30.6 Å². The van der Waals surface area contributed by atoms with E-state index in [0.717, 1.165) is 16.6 Å².